The molecule has 0 rings (SSSR count). The Balaban J connectivity index is 3.43. The van der Waals surface area contributed by atoms with Crippen molar-refractivity contribution in [2.45, 2.75) is 25.9 Å². The predicted octanol–water partition coefficient (Wildman–Crippen LogP) is 0.788. The molecule has 0 radical (unpaired) electrons. The van der Waals surface area contributed by atoms with Crippen molar-refractivity contribution in [1.29, 1.82) is 0 Å². The van der Waals surface area contributed by atoms with Gasteiger partial charge in [0.1, 0.15) is 0 Å². The Labute approximate surface area is 60.0 Å². The van der Waals surface area contributed by atoms with E-state index in [0.29, 0.717) is 6.42 Å². The second-order valence-corrected chi connectivity index (χ2v) is 2.06. The number of hydrogen-bond donors (Lipinski definition) is 2. The Kier molecular flexibility index (Phi) is 4.58. The first-order valence-corrected chi connectivity index (χ1v) is 3.17. The summed E-state index contributed by atoms with van der Waals surface area (Å²) in [5.74, 6) is -0.961. The normalized spacial score (nSPS) is 13.8. The molecule has 0 aliphatic rings. The Morgan fingerprint density at radius 3 is 2.70 bits per heavy atom. The Bertz CT molecular complexity index is 129. The first-order valence-electron chi connectivity index (χ1n) is 3.17. The molecule has 0 amide bonds. The molecule has 0 aromatic rings. The first kappa shape index (κ1) is 9.17. The highest BCUT2D eigenvalue weighted by Gasteiger charge is 2.05. The molecule has 3 nitrogen and oxygen atoms in total. The van der Waals surface area contributed by atoms with Crippen LogP contribution in [0.15, 0.2) is 12.2 Å². The summed E-state index contributed by atoms with van der Waals surface area (Å²) in [5, 5.41) is 17.1. The van der Waals surface area contributed by atoms with Crippen molar-refractivity contribution in [1.82, 2.24) is 0 Å². The monoisotopic (exact) mass is 144 g/mol. The lowest BCUT2D eigenvalue weighted by molar-refractivity contribution is -0.139. The van der Waals surface area contributed by atoms with E-state index in [9.17, 15) is 4.79 Å². The van der Waals surface area contributed by atoms with Crippen LogP contribution in [0.5, 0.6) is 0 Å². The molecule has 58 valence electrons. The van der Waals surface area contributed by atoms with E-state index in [2.05, 4.69) is 0 Å². The van der Waals surface area contributed by atoms with Crippen LogP contribution in [0.1, 0.15) is 19.8 Å². The number of allylic oxidation sites excluding steroid dienone is 1. The van der Waals surface area contributed by atoms with Gasteiger partial charge in [0.05, 0.1) is 12.5 Å². The van der Waals surface area contributed by atoms with Crippen LogP contribution < -0.4 is 0 Å². The number of aliphatic carboxylic acids is 1. The Morgan fingerprint density at radius 2 is 2.30 bits per heavy atom. The molecule has 0 bridgehead atoms. The van der Waals surface area contributed by atoms with Gasteiger partial charge in [-0.05, 0) is 13.3 Å². The summed E-state index contributed by atoms with van der Waals surface area (Å²) < 4.78 is 0. The molecule has 0 aliphatic heterocycles. The molecule has 0 unspecified atom stereocenters. The zero-order valence-corrected chi connectivity index (χ0v) is 5.95. The van der Waals surface area contributed by atoms with Crippen LogP contribution in [-0.4, -0.2) is 22.3 Å². The number of hydrogen-bond acceptors (Lipinski definition) is 2. The van der Waals surface area contributed by atoms with E-state index in [1.165, 1.54) is 0 Å². The molecular weight excluding hydrogens is 132 g/mol. The van der Waals surface area contributed by atoms with Crippen molar-refractivity contribution in [2.24, 2.45) is 0 Å². The van der Waals surface area contributed by atoms with E-state index in [4.69, 9.17) is 10.2 Å². The van der Waals surface area contributed by atoms with Gasteiger partial charge in [-0.3, -0.25) is 4.79 Å². The highest BCUT2D eigenvalue weighted by molar-refractivity contribution is 5.67. The molecule has 0 heterocycles. The van der Waals surface area contributed by atoms with Gasteiger partial charge in [0.15, 0.2) is 0 Å². The van der Waals surface area contributed by atoms with E-state index >= 15 is 0 Å². The average Bonchev–Trinajstić information content (AvgIpc) is 1.82. The van der Waals surface area contributed by atoms with Crippen molar-refractivity contribution < 1.29 is 15.0 Å². The molecule has 1 atom stereocenters. The first-order chi connectivity index (χ1) is 4.66. The van der Waals surface area contributed by atoms with E-state index in [1.54, 1.807) is 12.2 Å². The van der Waals surface area contributed by atoms with E-state index in [0.717, 1.165) is 0 Å². The third-order valence-corrected chi connectivity index (χ3v) is 1.05. The zero-order valence-electron chi connectivity index (χ0n) is 5.95. The fourth-order valence-electron chi connectivity index (χ4n) is 0.578. The summed E-state index contributed by atoms with van der Waals surface area (Å²) >= 11 is 0. The number of aliphatic hydroxyl groups is 1. The van der Waals surface area contributed by atoms with Gasteiger partial charge in [0, 0.05) is 0 Å². The third-order valence-electron chi connectivity index (χ3n) is 1.05. The van der Waals surface area contributed by atoms with E-state index < -0.39 is 12.1 Å². The molecule has 2 N–H and O–H groups in total. The molecule has 0 saturated heterocycles. The minimum atomic E-state index is -0.961. The fraction of sp³-hybridized carbons (Fsp3) is 0.571. The molecule has 3 heteroatoms. The van der Waals surface area contributed by atoms with Gasteiger partial charge >= 0.3 is 5.97 Å². The summed E-state index contributed by atoms with van der Waals surface area (Å²) in [4.78, 5) is 9.99. The molecule has 10 heavy (non-hydrogen) atoms. The summed E-state index contributed by atoms with van der Waals surface area (Å²) in [6.07, 6.45) is 3.03. The lowest BCUT2D eigenvalue weighted by atomic mass is 10.2. The van der Waals surface area contributed by atoms with Crippen molar-refractivity contribution in [3.05, 3.63) is 12.2 Å². The number of aliphatic hydroxyl groups excluding tert-OH is 1. The molecular formula is C7H12O3. The largest absolute Gasteiger partial charge is 0.481 e. The molecule has 0 saturated carbocycles. The van der Waals surface area contributed by atoms with E-state index in [1.807, 2.05) is 6.92 Å². The average molecular weight is 144 g/mol. The fourth-order valence-corrected chi connectivity index (χ4v) is 0.578. The van der Waals surface area contributed by atoms with Gasteiger partial charge in [-0.15, -0.1) is 0 Å². The quantitative estimate of drug-likeness (QED) is 0.573. The lowest BCUT2D eigenvalue weighted by Gasteiger charge is -2.01. The minimum Gasteiger partial charge on any atom is -0.481 e. The highest BCUT2D eigenvalue weighted by Crippen LogP contribution is 1.97. The summed E-state index contributed by atoms with van der Waals surface area (Å²) in [6.45, 7) is 1.83. The molecule has 0 aromatic carbocycles. The van der Waals surface area contributed by atoms with Gasteiger partial charge in [-0.1, -0.05) is 12.2 Å². The topological polar surface area (TPSA) is 57.5 Å². The van der Waals surface area contributed by atoms with Crippen LogP contribution in [0.25, 0.3) is 0 Å². The Morgan fingerprint density at radius 1 is 1.70 bits per heavy atom. The summed E-state index contributed by atoms with van der Waals surface area (Å²) in [7, 11) is 0. The SMILES string of the molecule is C/C=C\C[C@@H](O)CC(=O)O. The third kappa shape index (κ3) is 5.31. The number of carboxylic acid groups (broad SMARTS) is 1. The van der Waals surface area contributed by atoms with Crippen molar-refractivity contribution in [3.63, 3.8) is 0 Å². The van der Waals surface area contributed by atoms with Crippen LogP contribution >= 0.6 is 0 Å². The van der Waals surface area contributed by atoms with Crippen molar-refractivity contribution in [2.75, 3.05) is 0 Å². The van der Waals surface area contributed by atoms with Crippen LogP contribution in [0.2, 0.25) is 0 Å². The Hall–Kier alpha value is -0.830. The molecule has 0 aliphatic carbocycles. The molecule has 0 fully saturated rings. The minimum absolute atomic E-state index is 0.176. The predicted molar refractivity (Wildman–Crippen MR) is 37.7 cm³/mol. The van der Waals surface area contributed by atoms with Gasteiger partial charge in [0.25, 0.3) is 0 Å². The number of carbonyl (C=O) groups is 1. The number of rotatable bonds is 4. The van der Waals surface area contributed by atoms with Crippen molar-refractivity contribution >= 4 is 5.97 Å². The van der Waals surface area contributed by atoms with Gasteiger partial charge in [-0.25, -0.2) is 0 Å². The lowest BCUT2D eigenvalue weighted by Crippen LogP contribution is -2.11. The maximum Gasteiger partial charge on any atom is 0.305 e. The molecule has 0 aromatic heterocycles. The van der Waals surface area contributed by atoms with Gasteiger partial charge in [0.2, 0.25) is 0 Å². The van der Waals surface area contributed by atoms with Crippen LogP contribution in [0.4, 0.5) is 0 Å². The summed E-state index contributed by atoms with van der Waals surface area (Å²) in [6, 6.07) is 0. The smallest absolute Gasteiger partial charge is 0.305 e. The highest BCUT2D eigenvalue weighted by atomic mass is 16.4. The van der Waals surface area contributed by atoms with Crippen LogP contribution in [-0.2, 0) is 4.79 Å². The summed E-state index contributed by atoms with van der Waals surface area (Å²) in [5.41, 5.74) is 0. The van der Waals surface area contributed by atoms with E-state index in [-0.39, 0.29) is 6.42 Å². The molecule has 0 spiro atoms. The number of carboxylic acids is 1. The van der Waals surface area contributed by atoms with Crippen molar-refractivity contribution in [3.8, 4) is 0 Å². The second-order valence-electron chi connectivity index (χ2n) is 2.06. The van der Waals surface area contributed by atoms with Crippen LogP contribution in [0.3, 0.4) is 0 Å². The van der Waals surface area contributed by atoms with Gasteiger partial charge < -0.3 is 10.2 Å². The zero-order chi connectivity index (χ0) is 7.98. The second kappa shape index (κ2) is 4.99. The van der Waals surface area contributed by atoms with Crippen LogP contribution in [0, 0.1) is 0 Å². The maximum atomic E-state index is 9.99. The van der Waals surface area contributed by atoms with Gasteiger partial charge in [-0.2, -0.15) is 0 Å². The maximum absolute atomic E-state index is 9.99. The standard InChI is InChI=1S/C7H12O3/c1-2-3-4-6(8)5-7(9)10/h2-3,6,8H,4-5H2,1H3,(H,9,10)/b3-2-/t6-/m1/s1.